The molecule has 122 valence electrons. The Bertz CT molecular complexity index is 548. The van der Waals surface area contributed by atoms with Crippen molar-refractivity contribution in [2.45, 2.75) is 26.8 Å². The predicted octanol–water partition coefficient (Wildman–Crippen LogP) is 1.21. The molecule has 0 spiro atoms. The largest absolute Gasteiger partial charge is 0.344 e. The molecule has 1 saturated heterocycles. The van der Waals surface area contributed by atoms with Crippen LogP contribution in [-0.4, -0.2) is 71.8 Å². The van der Waals surface area contributed by atoms with Crippen LogP contribution in [0.1, 0.15) is 33.7 Å². The van der Waals surface area contributed by atoms with E-state index in [-0.39, 0.29) is 11.8 Å². The van der Waals surface area contributed by atoms with Gasteiger partial charge in [-0.1, -0.05) is 6.92 Å². The zero-order chi connectivity index (χ0) is 16.3. The van der Waals surface area contributed by atoms with E-state index in [0.717, 1.165) is 48.3 Å². The van der Waals surface area contributed by atoms with Gasteiger partial charge in [-0.3, -0.25) is 14.5 Å². The van der Waals surface area contributed by atoms with E-state index in [4.69, 9.17) is 0 Å². The zero-order valence-corrected chi connectivity index (χ0v) is 14.6. The Kier molecular flexibility index (Phi) is 5.52. The Hall–Kier alpha value is -1.47. The molecule has 0 unspecified atom stereocenters. The Morgan fingerprint density at radius 1 is 1.23 bits per heavy atom. The van der Waals surface area contributed by atoms with E-state index < -0.39 is 0 Å². The van der Waals surface area contributed by atoms with Crippen molar-refractivity contribution < 1.29 is 9.59 Å². The minimum Gasteiger partial charge on any atom is -0.344 e. The van der Waals surface area contributed by atoms with Crippen LogP contribution in [0.15, 0.2) is 0 Å². The summed E-state index contributed by atoms with van der Waals surface area (Å²) in [7, 11) is 3.51. The molecular weight excluding hydrogens is 300 g/mol. The summed E-state index contributed by atoms with van der Waals surface area (Å²) in [6.07, 6.45) is 0.571. The molecule has 0 aliphatic carbocycles. The summed E-state index contributed by atoms with van der Waals surface area (Å²) >= 11 is 1.48. The van der Waals surface area contributed by atoms with Crippen LogP contribution in [0.4, 0.5) is 0 Å². The summed E-state index contributed by atoms with van der Waals surface area (Å²) in [4.78, 5) is 34.8. The average molecular weight is 324 g/mol. The lowest BCUT2D eigenvalue weighted by molar-refractivity contribution is -0.132. The van der Waals surface area contributed by atoms with Gasteiger partial charge < -0.3 is 9.80 Å². The first-order valence-electron chi connectivity index (χ1n) is 7.60. The van der Waals surface area contributed by atoms with Crippen LogP contribution in [-0.2, 0) is 11.3 Å². The summed E-state index contributed by atoms with van der Waals surface area (Å²) < 4.78 is 0. The first-order valence-corrected chi connectivity index (χ1v) is 8.42. The molecule has 0 N–H and O–H groups in total. The predicted molar refractivity (Wildman–Crippen MR) is 87.0 cm³/mol. The van der Waals surface area contributed by atoms with Crippen LogP contribution < -0.4 is 0 Å². The maximum absolute atomic E-state index is 12.1. The van der Waals surface area contributed by atoms with Gasteiger partial charge >= 0.3 is 0 Å². The number of hydrogen-bond donors (Lipinski definition) is 0. The molecule has 22 heavy (non-hydrogen) atoms. The normalized spacial score (nSPS) is 15.9. The molecular formula is C15H24N4O2S. The number of aryl methyl sites for hydroxylation is 1. The van der Waals surface area contributed by atoms with Gasteiger partial charge in [-0.2, -0.15) is 0 Å². The molecule has 2 rings (SSSR count). The summed E-state index contributed by atoms with van der Waals surface area (Å²) in [6.45, 7) is 7.81. The van der Waals surface area contributed by atoms with E-state index in [1.807, 2.05) is 18.7 Å². The van der Waals surface area contributed by atoms with Gasteiger partial charge in [0.05, 0.1) is 12.2 Å². The van der Waals surface area contributed by atoms with Crippen LogP contribution in [0.3, 0.4) is 0 Å². The molecule has 2 heterocycles. The van der Waals surface area contributed by atoms with E-state index in [0.29, 0.717) is 6.42 Å². The molecule has 0 aromatic carbocycles. The standard InChI is InChI=1S/C15H24N4O2S/c1-5-13(20)19-8-6-18(7-9-19)10-12-16-11(2)14(22-12)15(21)17(3)4/h5-10H2,1-4H3. The van der Waals surface area contributed by atoms with Crippen LogP contribution in [0, 0.1) is 6.92 Å². The molecule has 0 bridgehead atoms. The quantitative estimate of drug-likeness (QED) is 0.835. The second-order valence-electron chi connectivity index (χ2n) is 5.73. The Morgan fingerprint density at radius 3 is 2.41 bits per heavy atom. The number of rotatable bonds is 4. The lowest BCUT2D eigenvalue weighted by Gasteiger charge is -2.34. The van der Waals surface area contributed by atoms with Crippen LogP contribution in [0.5, 0.6) is 0 Å². The monoisotopic (exact) mass is 324 g/mol. The molecule has 0 radical (unpaired) electrons. The fourth-order valence-corrected chi connectivity index (χ4v) is 3.62. The number of thiazole rings is 1. The van der Waals surface area contributed by atoms with Gasteiger partial charge in [0.1, 0.15) is 9.88 Å². The number of nitrogens with zero attached hydrogens (tertiary/aromatic N) is 4. The Morgan fingerprint density at radius 2 is 1.86 bits per heavy atom. The molecule has 6 nitrogen and oxygen atoms in total. The van der Waals surface area contributed by atoms with E-state index in [2.05, 4.69) is 9.88 Å². The lowest BCUT2D eigenvalue weighted by Crippen LogP contribution is -2.48. The minimum absolute atomic E-state index is 0.0135. The van der Waals surface area contributed by atoms with Gasteiger partial charge in [0.2, 0.25) is 5.91 Å². The van der Waals surface area contributed by atoms with Crippen LogP contribution >= 0.6 is 11.3 Å². The van der Waals surface area contributed by atoms with Gasteiger partial charge in [0, 0.05) is 46.7 Å². The third-order valence-corrected chi connectivity index (χ3v) is 4.96. The fourth-order valence-electron chi connectivity index (χ4n) is 2.49. The fraction of sp³-hybridized carbons (Fsp3) is 0.667. The molecule has 1 aromatic rings. The van der Waals surface area contributed by atoms with Gasteiger partial charge in [-0.25, -0.2) is 4.98 Å². The highest BCUT2D eigenvalue weighted by Crippen LogP contribution is 2.21. The molecule has 0 saturated carbocycles. The van der Waals surface area contributed by atoms with Gasteiger partial charge in [0.25, 0.3) is 5.91 Å². The van der Waals surface area contributed by atoms with Crippen molar-refractivity contribution >= 4 is 23.2 Å². The first-order chi connectivity index (χ1) is 10.4. The first kappa shape index (κ1) is 16.9. The van der Waals surface area contributed by atoms with Gasteiger partial charge in [-0.15, -0.1) is 11.3 Å². The van der Waals surface area contributed by atoms with Crippen molar-refractivity contribution in [3.63, 3.8) is 0 Å². The minimum atomic E-state index is 0.0135. The SMILES string of the molecule is CCC(=O)N1CCN(Cc2nc(C)c(C(=O)N(C)C)s2)CC1. The second-order valence-corrected chi connectivity index (χ2v) is 6.82. The number of aromatic nitrogens is 1. The van der Waals surface area contributed by atoms with E-state index in [1.54, 1.807) is 19.0 Å². The van der Waals surface area contributed by atoms with Crippen molar-refractivity contribution in [3.05, 3.63) is 15.6 Å². The third kappa shape index (κ3) is 3.84. The molecule has 2 amide bonds. The highest BCUT2D eigenvalue weighted by Gasteiger charge is 2.22. The number of carbonyl (C=O) groups excluding carboxylic acids is 2. The highest BCUT2D eigenvalue weighted by atomic mass is 32.1. The molecule has 1 aliphatic rings. The molecule has 1 fully saturated rings. The second kappa shape index (κ2) is 7.19. The van der Waals surface area contributed by atoms with Gasteiger partial charge in [0.15, 0.2) is 0 Å². The Balaban J connectivity index is 1.94. The topological polar surface area (TPSA) is 56.8 Å². The Labute approximate surface area is 135 Å². The van der Waals surface area contributed by atoms with E-state index >= 15 is 0 Å². The summed E-state index contributed by atoms with van der Waals surface area (Å²) in [5.41, 5.74) is 0.804. The lowest BCUT2D eigenvalue weighted by atomic mass is 10.3. The number of piperazine rings is 1. The third-order valence-electron chi connectivity index (χ3n) is 3.83. The van der Waals surface area contributed by atoms with Crippen molar-refractivity contribution in [3.8, 4) is 0 Å². The zero-order valence-electron chi connectivity index (χ0n) is 13.8. The maximum Gasteiger partial charge on any atom is 0.265 e. The summed E-state index contributed by atoms with van der Waals surface area (Å²) in [5, 5.41) is 0.970. The van der Waals surface area contributed by atoms with Crippen molar-refractivity contribution in [2.75, 3.05) is 40.3 Å². The molecule has 1 aromatic heterocycles. The number of amides is 2. The van der Waals surface area contributed by atoms with Crippen molar-refractivity contribution in [1.82, 2.24) is 19.7 Å². The number of hydrogen-bond acceptors (Lipinski definition) is 5. The van der Waals surface area contributed by atoms with Crippen LogP contribution in [0.2, 0.25) is 0 Å². The summed E-state index contributed by atoms with van der Waals surface area (Å²) in [5.74, 6) is 0.239. The highest BCUT2D eigenvalue weighted by molar-refractivity contribution is 7.13. The maximum atomic E-state index is 12.1. The molecule has 0 atom stereocenters. The molecule has 7 heteroatoms. The van der Waals surface area contributed by atoms with Gasteiger partial charge in [-0.05, 0) is 6.92 Å². The molecule has 1 aliphatic heterocycles. The van der Waals surface area contributed by atoms with E-state index in [9.17, 15) is 9.59 Å². The van der Waals surface area contributed by atoms with Crippen molar-refractivity contribution in [1.29, 1.82) is 0 Å². The number of carbonyl (C=O) groups is 2. The summed E-state index contributed by atoms with van der Waals surface area (Å²) in [6, 6.07) is 0. The van der Waals surface area contributed by atoms with Crippen molar-refractivity contribution in [2.24, 2.45) is 0 Å². The average Bonchev–Trinajstić information content (AvgIpc) is 2.86. The van der Waals surface area contributed by atoms with Crippen LogP contribution in [0.25, 0.3) is 0 Å². The smallest absolute Gasteiger partial charge is 0.265 e. The van der Waals surface area contributed by atoms with E-state index in [1.165, 1.54) is 11.3 Å².